The molecule has 256 valence electrons. The maximum absolute atomic E-state index is 12.7. The summed E-state index contributed by atoms with van der Waals surface area (Å²) >= 11 is 0. The van der Waals surface area contributed by atoms with Crippen molar-refractivity contribution >= 4 is 29.3 Å². The summed E-state index contributed by atoms with van der Waals surface area (Å²) in [5, 5.41) is 8.53. The molecule has 9 nitrogen and oxygen atoms in total. The molecule has 0 aliphatic heterocycles. The second-order valence-corrected chi connectivity index (χ2v) is 11.6. The van der Waals surface area contributed by atoms with Crippen LogP contribution in [-0.2, 0) is 14.3 Å². The second kappa shape index (κ2) is 21.9. The van der Waals surface area contributed by atoms with E-state index in [0.717, 1.165) is 63.5 Å². The van der Waals surface area contributed by atoms with E-state index in [1.165, 1.54) is 18.9 Å². The molecule has 0 radical (unpaired) electrons. The molecule has 1 atom stereocenters. The molecule has 0 aromatic heterocycles. The zero-order valence-electron chi connectivity index (χ0n) is 28.2. The van der Waals surface area contributed by atoms with Crippen LogP contribution in [0.25, 0.3) is 0 Å². The molecule has 48 heavy (non-hydrogen) atoms. The van der Waals surface area contributed by atoms with Gasteiger partial charge < -0.3 is 18.9 Å². The average Bonchev–Trinajstić information content (AvgIpc) is 3.10. The summed E-state index contributed by atoms with van der Waals surface area (Å²) in [5.74, 6) is -0.165. The van der Waals surface area contributed by atoms with Crippen molar-refractivity contribution in [2.45, 2.75) is 90.6 Å². The highest BCUT2D eigenvalue weighted by molar-refractivity contribution is 5.92. The van der Waals surface area contributed by atoms with E-state index < -0.39 is 5.97 Å². The van der Waals surface area contributed by atoms with Gasteiger partial charge in [0.2, 0.25) is 0 Å². The van der Waals surface area contributed by atoms with Crippen molar-refractivity contribution in [2.24, 2.45) is 10.2 Å². The molecule has 0 unspecified atom stereocenters. The largest absolute Gasteiger partial charge is 0.494 e. The van der Waals surface area contributed by atoms with Gasteiger partial charge in [0.1, 0.15) is 11.5 Å². The van der Waals surface area contributed by atoms with Gasteiger partial charge in [-0.15, -0.1) is 0 Å². The monoisotopic (exact) mass is 656 g/mol. The highest BCUT2D eigenvalue weighted by Gasteiger charge is 2.14. The number of azo groups is 1. The number of ether oxygens (including phenoxy) is 4. The normalized spacial score (nSPS) is 11.5. The number of nitrogens with zero attached hydrogens (tertiary/aromatic N) is 2. The summed E-state index contributed by atoms with van der Waals surface area (Å²) < 4.78 is 21.8. The predicted octanol–water partition coefficient (Wildman–Crippen LogP) is 10.3. The third kappa shape index (κ3) is 14.8. The van der Waals surface area contributed by atoms with Crippen LogP contribution < -0.4 is 9.47 Å². The third-order valence-electron chi connectivity index (χ3n) is 7.51. The summed E-state index contributed by atoms with van der Waals surface area (Å²) in [6.45, 7) is 8.54. The molecule has 0 spiro atoms. The lowest BCUT2D eigenvalue weighted by Gasteiger charge is -2.13. The standard InChI is InChI=1S/C39H48N2O7/c1-4-6-7-12-15-30(3)47-38(43)32-18-24-36(25-19-32)48-39(44)31-16-20-33(21-17-31)40-41-34-22-26-35(27-23-34)45-28-13-10-8-9-11-14-29-46-37(42)5-2/h5,16-27,30H,2,4,6-15,28-29H2,1,3H3/t30-/m0/s1. The van der Waals surface area contributed by atoms with Gasteiger partial charge in [0.15, 0.2) is 0 Å². The van der Waals surface area contributed by atoms with Gasteiger partial charge in [-0.25, -0.2) is 14.4 Å². The minimum Gasteiger partial charge on any atom is -0.494 e. The molecule has 0 heterocycles. The first kappa shape index (κ1) is 37.7. The van der Waals surface area contributed by atoms with Crippen molar-refractivity contribution < 1.29 is 33.3 Å². The van der Waals surface area contributed by atoms with E-state index in [2.05, 4.69) is 23.7 Å². The molecule has 0 saturated heterocycles. The van der Waals surface area contributed by atoms with Crippen LogP contribution in [-0.4, -0.2) is 37.2 Å². The Morgan fingerprint density at radius 1 is 0.667 bits per heavy atom. The number of carbonyl (C=O) groups is 3. The molecular formula is C39H48N2O7. The van der Waals surface area contributed by atoms with Crippen molar-refractivity contribution in [3.63, 3.8) is 0 Å². The van der Waals surface area contributed by atoms with E-state index in [-0.39, 0.29) is 18.0 Å². The molecule has 3 aromatic rings. The van der Waals surface area contributed by atoms with Gasteiger partial charge in [0.25, 0.3) is 0 Å². The van der Waals surface area contributed by atoms with Crippen LogP contribution in [0, 0.1) is 0 Å². The summed E-state index contributed by atoms with van der Waals surface area (Å²) in [5.41, 5.74) is 2.04. The molecule has 0 fully saturated rings. The minimum atomic E-state index is -0.520. The number of unbranched alkanes of at least 4 members (excludes halogenated alkanes) is 8. The molecular weight excluding hydrogens is 608 g/mol. The van der Waals surface area contributed by atoms with E-state index in [0.29, 0.717) is 41.5 Å². The topological polar surface area (TPSA) is 113 Å². The molecule has 0 amide bonds. The third-order valence-corrected chi connectivity index (χ3v) is 7.51. The van der Waals surface area contributed by atoms with Crippen LogP contribution in [0.1, 0.15) is 105 Å². The van der Waals surface area contributed by atoms with Gasteiger partial charge in [-0.2, -0.15) is 10.2 Å². The number of rotatable bonds is 22. The van der Waals surface area contributed by atoms with Crippen molar-refractivity contribution in [2.75, 3.05) is 13.2 Å². The number of hydrogen-bond acceptors (Lipinski definition) is 9. The number of esters is 3. The van der Waals surface area contributed by atoms with Crippen LogP contribution in [0.15, 0.2) is 95.7 Å². The Morgan fingerprint density at radius 2 is 1.19 bits per heavy atom. The molecule has 3 aromatic carbocycles. The van der Waals surface area contributed by atoms with Crippen LogP contribution in [0.2, 0.25) is 0 Å². The van der Waals surface area contributed by atoms with Gasteiger partial charge in [-0.05, 0) is 105 Å². The van der Waals surface area contributed by atoms with Crippen LogP contribution >= 0.6 is 0 Å². The summed E-state index contributed by atoms with van der Waals surface area (Å²) in [6, 6.07) is 20.4. The zero-order chi connectivity index (χ0) is 34.4. The summed E-state index contributed by atoms with van der Waals surface area (Å²) in [6.07, 6.45) is 12.6. The van der Waals surface area contributed by atoms with Crippen molar-refractivity contribution in [3.05, 3.63) is 96.6 Å². The Morgan fingerprint density at radius 3 is 1.81 bits per heavy atom. The molecule has 9 heteroatoms. The summed E-state index contributed by atoms with van der Waals surface area (Å²) in [4.78, 5) is 36.1. The zero-order valence-corrected chi connectivity index (χ0v) is 28.2. The number of hydrogen-bond donors (Lipinski definition) is 0. The first-order valence-corrected chi connectivity index (χ1v) is 16.9. The minimum absolute atomic E-state index is 0.146. The Bertz CT molecular complexity index is 1430. The summed E-state index contributed by atoms with van der Waals surface area (Å²) in [7, 11) is 0. The van der Waals surface area contributed by atoms with Gasteiger partial charge >= 0.3 is 17.9 Å². The molecule has 0 saturated carbocycles. The van der Waals surface area contributed by atoms with Gasteiger partial charge in [0.05, 0.1) is 41.8 Å². The van der Waals surface area contributed by atoms with E-state index in [9.17, 15) is 14.4 Å². The van der Waals surface area contributed by atoms with Crippen LogP contribution in [0.4, 0.5) is 11.4 Å². The highest BCUT2D eigenvalue weighted by Crippen LogP contribution is 2.23. The van der Waals surface area contributed by atoms with Gasteiger partial charge in [-0.1, -0.05) is 58.4 Å². The Kier molecular flexibility index (Phi) is 17.2. The van der Waals surface area contributed by atoms with Crippen molar-refractivity contribution in [1.82, 2.24) is 0 Å². The lowest BCUT2D eigenvalue weighted by atomic mass is 10.1. The van der Waals surface area contributed by atoms with Crippen molar-refractivity contribution in [1.29, 1.82) is 0 Å². The predicted molar refractivity (Wildman–Crippen MR) is 186 cm³/mol. The Labute approximate surface area is 284 Å². The van der Waals surface area contributed by atoms with E-state index in [1.54, 1.807) is 48.5 Å². The first-order chi connectivity index (χ1) is 23.4. The number of carbonyl (C=O) groups excluding carboxylic acids is 3. The fourth-order valence-corrected chi connectivity index (χ4v) is 4.71. The van der Waals surface area contributed by atoms with Crippen LogP contribution in [0.5, 0.6) is 11.5 Å². The molecule has 0 N–H and O–H groups in total. The lowest BCUT2D eigenvalue weighted by molar-refractivity contribution is -0.137. The van der Waals surface area contributed by atoms with Crippen molar-refractivity contribution in [3.8, 4) is 11.5 Å². The number of benzene rings is 3. The fraction of sp³-hybridized carbons (Fsp3) is 0.410. The van der Waals surface area contributed by atoms with E-state index in [1.807, 2.05) is 31.2 Å². The molecule has 3 rings (SSSR count). The maximum Gasteiger partial charge on any atom is 0.343 e. The average molecular weight is 657 g/mol. The molecule has 0 bridgehead atoms. The van der Waals surface area contributed by atoms with Gasteiger partial charge in [-0.3, -0.25) is 0 Å². The Hall–Kier alpha value is -4.79. The van der Waals surface area contributed by atoms with Gasteiger partial charge in [0, 0.05) is 6.08 Å². The Balaban J connectivity index is 1.34. The fourth-order valence-electron chi connectivity index (χ4n) is 4.71. The van der Waals surface area contributed by atoms with E-state index in [4.69, 9.17) is 18.9 Å². The molecule has 0 aliphatic rings. The lowest BCUT2D eigenvalue weighted by Crippen LogP contribution is -2.15. The van der Waals surface area contributed by atoms with Crippen LogP contribution in [0.3, 0.4) is 0 Å². The SMILES string of the molecule is C=CC(=O)OCCCCCCCCOc1ccc(N=Nc2ccc(C(=O)Oc3ccc(C(=O)O[C@@H](C)CCCCCC)cc3)cc2)cc1. The quantitative estimate of drug-likeness (QED) is 0.0348. The smallest absolute Gasteiger partial charge is 0.343 e. The first-order valence-electron chi connectivity index (χ1n) is 16.9. The van der Waals surface area contributed by atoms with E-state index >= 15 is 0 Å². The molecule has 0 aliphatic carbocycles. The highest BCUT2D eigenvalue weighted by atomic mass is 16.5. The second-order valence-electron chi connectivity index (χ2n) is 11.6. The maximum atomic E-state index is 12.7.